The molecule has 2 aromatic rings. The van der Waals surface area contributed by atoms with Gasteiger partial charge in [-0.05, 0) is 16.3 Å². The summed E-state index contributed by atoms with van der Waals surface area (Å²) >= 11 is 1.08. The number of rotatable bonds is 5. The molecule has 0 unspecified atom stereocenters. The third-order valence-electron chi connectivity index (χ3n) is 2.38. The van der Waals surface area contributed by atoms with Gasteiger partial charge in [0.2, 0.25) is 5.16 Å². The van der Waals surface area contributed by atoms with Crippen LogP contribution in [0.15, 0.2) is 11.4 Å². The summed E-state index contributed by atoms with van der Waals surface area (Å²) in [5, 5.41) is 24.9. The predicted molar refractivity (Wildman–Crippen MR) is 68.4 cm³/mol. The number of hydrogen-bond donors (Lipinski definition) is 1. The van der Waals surface area contributed by atoms with E-state index in [9.17, 15) is 4.79 Å². The number of carboxylic acid groups (broad SMARTS) is 1. The summed E-state index contributed by atoms with van der Waals surface area (Å²) in [5.74, 6) is -0.773. The lowest BCUT2D eigenvalue weighted by Gasteiger charge is -2.05. The molecule has 0 bridgehead atoms. The van der Waals surface area contributed by atoms with Crippen LogP contribution >= 0.6 is 11.8 Å². The minimum Gasteiger partial charge on any atom is -0.481 e. The quantitative estimate of drug-likeness (QED) is 0.806. The Morgan fingerprint density at radius 1 is 1.53 bits per heavy atom. The minimum absolute atomic E-state index is 0.0857. The fourth-order valence-electron chi connectivity index (χ4n) is 1.61. The van der Waals surface area contributed by atoms with Gasteiger partial charge in [-0.25, -0.2) is 0 Å². The van der Waals surface area contributed by atoms with Crippen molar-refractivity contribution in [1.82, 2.24) is 30.0 Å². The molecule has 1 N–H and O–H groups in total. The van der Waals surface area contributed by atoms with Crippen molar-refractivity contribution in [3.63, 3.8) is 0 Å². The van der Waals surface area contributed by atoms with Gasteiger partial charge in [0.1, 0.15) is 5.69 Å². The average molecular weight is 282 g/mol. The highest BCUT2D eigenvalue weighted by molar-refractivity contribution is 7.99. The first-order chi connectivity index (χ1) is 8.99. The summed E-state index contributed by atoms with van der Waals surface area (Å²) < 4.78 is 3.22. The molecule has 2 heterocycles. The molecule has 0 atom stereocenters. The molecular weight excluding hydrogens is 268 g/mol. The maximum absolute atomic E-state index is 10.6. The van der Waals surface area contributed by atoms with Crippen molar-refractivity contribution < 1.29 is 9.90 Å². The van der Waals surface area contributed by atoms with Gasteiger partial charge >= 0.3 is 5.97 Å². The molecule has 0 aromatic carbocycles. The van der Waals surface area contributed by atoms with E-state index in [4.69, 9.17) is 5.11 Å². The fraction of sp³-hybridized carbons (Fsp3) is 0.500. The van der Waals surface area contributed by atoms with Crippen LogP contribution in [-0.4, -0.2) is 46.8 Å². The highest BCUT2D eigenvalue weighted by atomic mass is 32.2. The number of aliphatic carboxylic acids is 1. The van der Waals surface area contributed by atoms with E-state index in [1.807, 2.05) is 27.1 Å². The molecule has 2 aromatic heterocycles. The molecular formula is C10H14N6O2S. The molecule has 9 heteroatoms. The second-order valence-corrected chi connectivity index (χ2v) is 5.23. The zero-order chi connectivity index (χ0) is 14.0. The smallest absolute Gasteiger partial charge is 0.313 e. The van der Waals surface area contributed by atoms with E-state index in [0.717, 1.165) is 23.1 Å². The number of nitrogens with zero attached hydrogens (tertiary/aromatic N) is 6. The molecule has 102 valence electrons. The monoisotopic (exact) mass is 282 g/mol. The maximum Gasteiger partial charge on any atom is 0.313 e. The van der Waals surface area contributed by atoms with Gasteiger partial charge in [0.25, 0.3) is 0 Å². The van der Waals surface area contributed by atoms with Gasteiger partial charge < -0.3 is 5.11 Å². The number of thioether (sulfide) groups is 1. The molecule has 0 saturated carbocycles. The van der Waals surface area contributed by atoms with Gasteiger partial charge in [0, 0.05) is 7.05 Å². The Hall–Kier alpha value is -1.90. The molecule has 0 amide bonds. The van der Waals surface area contributed by atoms with Crippen molar-refractivity contribution >= 4 is 17.7 Å². The molecule has 0 saturated heterocycles. The third-order valence-corrected chi connectivity index (χ3v) is 3.28. The second-order valence-electron chi connectivity index (χ2n) is 4.28. The molecule has 19 heavy (non-hydrogen) atoms. The molecule has 0 aliphatic heterocycles. The number of carboxylic acids is 1. The van der Waals surface area contributed by atoms with E-state index in [2.05, 4.69) is 20.6 Å². The summed E-state index contributed by atoms with van der Waals surface area (Å²) in [6.45, 7) is 4.06. The van der Waals surface area contributed by atoms with E-state index in [0.29, 0.717) is 5.16 Å². The molecule has 2 rings (SSSR count). The molecule has 8 nitrogen and oxygen atoms in total. The Bertz CT molecular complexity index is 591. The van der Waals surface area contributed by atoms with Crippen molar-refractivity contribution in [3.8, 4) is 5.69 Å². The summed E-state index contributed by atoms with van der Waals surface area (Å²) in [7, 11) is 1.82. The number of aryl methyl sites for hydroxylation is 1. The van der Waals surface area contributed by atoms with Gasteiger partial charge in [-0.1, -0.05) is 25.6 Å². The lowest BCUT2D eigenvalue weighted by molar-refractivity contribution is -0.133. The normalized spacial score (nSPS) is 11.2. The van der Waals surface area contributed by atoms with Crippen LogP contribution in [0, 0.1) is 0 Å². The Kier molecular flexibility index (Phi) is 3.84. The fourth-order valence-corrected chi connectivity index (χ4v) is 2.22. The average Bonchev–Trinajstić information content (AvgIpc) is 2.91. The van der Waals surface area contributed by atoms with Crippen molar-refractivity contribution in [2.24, 2.45) is 7.05 Å². The molecule has 0 radical (unpaired) electrons. The standard InChI is InChI=1S/C10H14N6O2S/c1-6(2)9-7(4-15(3)12-9)16-10(11-13-14-16)19-5-8(17)18/h4,6H,5H2,1-3H3,(H,17,18). The number of tetrazole rings is 1. The Labute approximate surface area is 113 Å². The molecule has 0 aliphatic carbocycles. The largest absolute Gasteiger partial charge is 0.481 e. The number of hydrogen-bond acceptors (Lipinski definition) is 6. The first-order valence-electron chi connectivity index (χ1n) is 5.66. The number of carbonyl (C=O) groups is 1. The first-order valence-corrected chi connectivity index (χ1v) is 6.64. The SMILES string of the molecule is CC(C)c1nn(C)cc1-n1nnnc1SCC(=O)O. The van der Waals surface area contributed by atoms with Crippen LogP contribution in [0.25, 0.3) is 5.69 Å². The van der Waals surface area contributed by atoms with Crippen LogP contribution in [-0.2, 0) is 11.8 Å². The summed E-state index contributed by atoms with van der Waals surface area (Å²) in [5.41, 5.74) is 1.64. The zero-order valence-electron chi connectivity index (χ0n) is 10.8. The Balaban J connectivity index is 2.37. The molecule has 0 fully saturated rings. The van der Waals surface area contributed by atoms with E-state index in [1.165, 1.54) is 4.68 Å². The van der Waals surface area contributed by atoms with Crippen LogP contribution < -0.4 is 0 Å². The highest BCUT2D eigenvalue weighted by Gasteiger charge is 2.18. The maximum atomic E-state index is 10.6. The van der Waals surface area contributed by atoms with Gasteiger partial charge in [0.15, 0.2) is 0 Å². The first kappa shape index (κ1) is 13.5. The topological polar surface area (TPSA) is 98.7 Å². The zero-order valence-corrected chi connectivity index (χ0v) is 11.6. The summed E-state index contributed by atoms with van der Waals surface area (Å²) in [6.07, 6.45) is 1.82. The number of aromatic nitrogens is 6. The lowest BCUT2D eigenvalue weighted by Crippen LogP contribution is -2.05. The van der Waals surface area contributed by atoms with Crippen LogP contribution in [0.4, 0.5) is 0 Å². The van der Waals surface area contributed by atoms with Gasteiger partial charge in [-0.3, -0.25) is 9.48 Å². The molecule has 0 aliphatic rings. The van der Waals surface area contributed by atoms with Crippen molar-refractivity contribution in [1.29, 1.82) is 0 Å². The van der Waals surface area contributed by atoms with Gasteiger partial charge in [0.05, 0.1) is 17.6 Å². The van der Waals surface area contributed by atoms with Crippen molar-refractivity contribution in [2.75, 3.05) is 5.75 Å². The van der Waals surface area contributed by atoms with Crippen LogP contribution in [0.5, 0.6) is 0 Å². The minimum atomic E-state index is -0.908. The summed E-state index contributed by atoms with van der Waals surface area (Å²) in [4.78, 5) is 10.6. The van der Waals surface area contributed by atoms with Gasteiger partial charge in [-0.15, -0.1) is 5.10 Å². The van der Waals surface area contributed by atoms with Crippen LogP contribution in [0.2, 0.25) is 0 Å². The third kappa shape index (κ3) is 2.92. The van der Waals surface area contributed by atoms with E-state index >= 15 is 0 Å². The highest BCUT2D eigenvalue weighted by Crippen LogP contribution is 2.24. The van der Waals surface area contributed by atoms with Crippen molar-refractivity contribution in [3.05, 3.63) is 11.9 Å². The predicted octanol–water partition coefficient (Wildman–Crippen LogP) is 0.696. The Morgan fingerprint density at radius 3 is 2.89 bits per heavy atom. The van der Waals surface area contributed by atoms with Crippen LogP contribution in [0.1, 0.15) is 25.5 Å². The van der Waals surface area contributed by atoms with E-state index in [-0.39, 0.29) is 11.7 Å². The van der Waals surface area contributed by atoms with Crippen LogP contribution in [0.3, 0.4) is 0 Å². The van der Waals surface area contributed by atoms with Gasteiger partial charge in [-0.2, -0.15) is 9.78 Å². The van der Waals surface area contributed by atoms with E-state index < -0.39 is 5.97 Å². The second kappa shape index (κ2) is 5.39. The van der Waals surface area contributed by atoms with E-state index in [1.54, 1.807) is 4.68 Å². The van der Waals surface area contributed by atoms with Crippen molar-refractivity contribution in [2.45, 2.75) is 24.9 Å². The Morgan fingerprint density at radius 2 is 2.26 bits per heavy atom. The molecule has 0 spiro atoms. The summed E-state index contributed by atoms with van der Waals surface area (Å²) in [6, 6.07) is 0. The lowest BCUT2D eigenvalue weighted by atomic mass is 10.1.